The van der Waals surface area contributed by atoms with E-state index in [2.05, 4.69) is 21.3 Å². The van der Waals surface area contributed by atoms with Crippen molar-refractivity contribution in [2.45, 2.75) is 38.2 Å². The molecule has 0 radical (unpaired) electrons. The molecular weight excluding hydrogens is 340 g/mol. The molecule has 1 fully saturated rings. The number of aryl methyl sites for hydroxylation is 2. The van der Waals surface area contributed by atoms with Gasteiger partial charge in [-0.15, -0.1) is 11.8 Å². The lowest BCUT2D eigenvalue weighted by Crippen LogP contribution is -2.55. The molecule has 1 heterocycles. The van der Waals surface area contributed by atoms with Gasteiger partial charge in [-0.1, -0.05) is 6.07 Å². The van der Waals surface area contributed by atoms with Crippen LogP contribution in [0, 0.1) is 13.8 Å². The zero-order valence-corrected chi connectivity index (χ0v) is 15.5. The summed E-state index contributed by atoms with van der Waals surface area (Å²) in [4.78, 5) is 35.4. The molecule has 0 bridgehead atoms. The summed E-state index contributed by atoms with van der Waals surface area (Å²) < 4.78 is 0. The van der Waals surface area contributed by atoms with E-state index in [1.165, 1.54) is 11.8 Å². The number of hydrogen-bond donors (Lipinski definition) is 4. The molecule has 0 spiro atoms. The molecule has 2 rings (SSSR count). The van der Waals surface area contributed by atoms with Crippen LogP contribution in [0.5, 0.6) is 0 Å². The number of anilines is 1. The Hall–Kier alpha value is -2.06. The van der Waals surface area contributed by atoms with E-state index in [9.17, 15) is 14.4 Å². The van der Waals surface area contributed by atoms with E-state index in [1.54, 1.807) is 7.05 Å². The van der Waals surface area contributed by atoms with Crippen LogP contribution in [0.1, 0.15) is 24.0 Å². The van der Waals surface area contributed by atoms with E-state index in [0.29, 0.717) is 0 Å². The average molecular weight is 364 g/mol. The third-order valence-corrected chi connectivity index (χ3v) is 4.72. The number of hydrogen-bond acceptors (Lipinski definition) is 5. The molecular formula is C17H24N4O3S. The topological polar surface area (TPSA) is 99.3 Å². The summed E-state index contributed by atoms with van der Waals surface area (Å²) in [6.45, 7) is 3.96. The number of benzene rings is 1. The molecule has 0 aromatic heterocycles. The van der Waals surface area contributed by atoms with Crippen molar-refractivity contribution >= 4 is 35.2 Å². The summed E-state index contributed by atoms with van der Waals surface area (Å²) >= 11 is 1.29. The molecule has 1 saturated heterocycles. The standard InChI is InChI=1S/C17H24N4O3S/c1-10-4-11(2)6-12(5-10)19-16(24)9-25-17-20-13(7-14(22)18-3)8-15(23)21-17/h4-6,13,17,20H,7-9H2,1-3H3,(H,18,22)(H,19,24)(H,21,23). The molecule has 1 aromatic carbocycles. The van der Waals surface area contributed by atoms with Crippen molar-refractivity contribution < 1.29 is 14.4 Å². The maximum absolute atomic E-state index is 12.1. The van der Waals surface area contributed by atoms with Gasteiger partial charge in [0.15, 0.2) is 0 Å². The SMILES string of the molecule is CNC(=O)CC1CC(=O)NC(SCC(=O)Nc2cc(C)cc(C)c2)N1. The molecule has 7 nitrogen and oxygen atoms in total. The van der Waals surface area contributed by atoms with Crippen molar-refractivity contribution in [3.05, 3.63) is 29.3 Å². The molecule has 8 heteroatoms. The monoisotopic (exact) mass is 364 g/mol. The molecule has 1 aliphatic rings. The molecule has 25 heavy (non-hydrogen) atoms. The van der Waals surface area contributed by atoms with Crippen molar-refractivity contribution in [1.82, 2.24) is 16.0 Å². The van der Waals surface area contributed by atoms with Gasteiger partial charge in [-0.3, -0.25) is 19.7 Å². The van der Waals surface area contributed by atoms with Gasteiger partial charge >= 0.3 is 0 Å². The second kappa shape index (κ2) is 8.87. The summed E-state index contributed by atoms with van der Waals surface area (Å²) in [6, 6.07) is 5.64. The van der Waals surface area contributed by atoms with E-state index in [0.717, 1.165) is 16.8 Å². The summed E-state index contributed by atoms with van der Waals surface area (Å²) in [5.41, 5.74) is 2.55. The van der Waals surface area contributed by atoms with E-state index in [1.807, 2.05) is 32.0 Å². The van der Waals surface area contributed by atoms with E-state index >= 15 is 0 Å². The second-order valence-corrected chi connectivity index (χ2v) is 7.22. The first-order chi connectivity index (χ1) is 11.9. The van der Waals surface area contributed by atoms with Gasteiger partial charge in [0.2, 0.25) is 17.7 Å². The van der Waals surface area contributed by atoms with Crippen LogP contribution in [-0.2, 0) is 14.4 Å². The maximum atomic E-state index is 12.1. The Morgan fingerprint density at radius 1 is 1.20 bits per heavy atom. The minimum Gasteiger partial charge on any atom is -0.359 e. The fraction of sp³-hybridized carbons (Fsp3) is 0.471. The zero-order chi connectivity index (χ0) is 18.4. The van der Waals surface area contributed by atoms with Crippen molar-refractivity contribution in [3.8, 4) is 0 Å². The van der Waals surface area contributed by atoms with Crippen molar-refractivity contribution in [2.75, 3.05) is 18.1 Å². The zero-order valence-electron chi connectivity index (χ0n) is 14.6. The van der Waals surface area contributed by atoms with Crippen LogP contribution in [0.15, 0.2) is 18.2 Å². The number of carbonyl (C=O) groups is 3. The molecule has 1 aromatic rings. The summed E-state index contributed by atoms with van der Waals surface area (Å²) in [7, 11) is 1.56. The molecule has 0 saturated carbocycles. The molecule has 2 atom stereocenters. The van der Waals surface area contributed by atoms with Crippen LogP contribution < -0.4 is 21.3 Å². The highest BCUT2D eigenvalue weighted by atomic mass is 32.2. The quantitative estimate of drug-likeness (QED) is 0.600. The smallest absolute Gasteiger partial charge is 0.234 e. The first-order valence-electron chi connectivity index (χ1n) is 8.11. The predicted molar refractivity (Wildman–Crippen MR) is 99.2 cm³/mol. The van der Waals surface area contributed by atoms with Crippen molar-refractivity contribution in [2.24, 2.45) is 0 Å². The Morgan fingerprint density at radius 2 is 1.88 bits per heavy atom. The van der Waals surface area contributed by atoms with E-state index in [4.69, 9.17) is 0 Å². The van der Waals surface area contributed by atoms with Crippen LogP contribution in [0.25, 0.3) is 0 Å². The maximum Gasteiger partial charge on any atom is 0.234 e. The van der Waals surface area contributed by atoms with Crippen molar-refractivity contribution in [3.63, 3.8) is 0 Å². The number of nitrogens with one attached hydrogen (secondary N) is 4. The van der Waals surface area contributed by atoms with Crippen LogP contribution >= 0.6 is 11.8 Å². The molecule has 1 aliphatic heterocycles. The average Bonchev–Trinajstić information content (AvgIpc) is 2.51. The molecule has 4 N–H and O–H groups in total. The molecule has 2 unspecified atom stereocenters. The Bertz CT molecular complexity index is 645. The first kappa shape index (κ1) is 19.3. The van der Waals surface area contributed by atoms with Gasteiger partial charge in [-0.05, 0) is 37.1 Å². The lowest BCUT2D eigenvalue weighted by atomic mass is 10.1. The lowest BCUT2D eigenvalue weighted by Gasteiger charge is -2.30. The second-order valence-electron chi connectivity index (χ2n) is 6.13. The normalized spacial score (nSPS) is 19.9. The summed E-state index contributed by atoms with van der Waals surface area (Å²) in [6.07, 6.45) is 0.481. The Morgan fingerprint density at radius 3 is 2.52 bits per heavy atom. The third kappa shape index (κ3) is 6.39. The largest absolute Gasteiger partial charge is 0.359 e. The van der Waals surface area contributed by atoms with Gasteiger partial charge in [-0.25, -0.2) is 0 Å². The summed E-state index contributed by atoms with van der Waals surface area (Å²) in [5.74, 6) is -0.194. The van der Waals surface area contributed by atoms with E-state index in [-0.39, 0.29) is 47.9 Å². The highest BCUT2D eigenvalue weighted by Gasteiger charge is 2.27. The van der Waals surface area contributed by atoms with Crippen molar-refractivity contribution in [1.29, 1.82) is 0 Å². The fourth-order valence-electron chi connectivity index (χ4n) is 2.69. The highest BCUT2D eigenvalue weighted by Crippen LogP contribution is 2.16. The minimum atomic E-state index is -0.388. The highest BCUT2D eigenvalue weighted by molar-refractivity contribution is 8.00. The first-order valence-corrected chi connectivity index (χ1v) is 9.16. The van der Waals surface area contributed by atoms with Crippen LogP contribution in [0.2, 0.25) is 0 Å². The molecule has 3 amide bonds. The number of thioether (sulfide) groups is 1. The number of carbonyl (C=O) groups excluding carboxylic acids is 3. The van der Waals surface area contributed by atoms with Gasteiger partial charge in [-0.2, -0.15) is 0 Å². The van der Waals surface area contributed by atoms with Crippen LogP contribution in [-0.4, -0.2) is 42.1 Å². The fourth-order valence-corrected chi connectivity index (χ4v) is 3.59. The van der Waals surface area contributed by atoms with Crippen LogP contribution in [0.4, 0.5) is 5.69 Å². The van der Waals surface area contributed by atoms with Gasteiger partial charge in [0.25, 0.3) is 0 Å². The van der Waals surface area contributed by atoms with E-state index < -0.39 is 0 Å². The van der Waals surface area contributed by atoms with Gasteiger partial charge in [0.05, 0.1) is 5.75 Å². The van der Waals surface area contributed by atoms with Crippen LogP contribution in [0.3, 0.4) is 0 Å². The van der Waals surface area contributed by atoms with Gasteiger partial charge in [0, 0.05) is 31.6 Å². The predicted octanol–water partition coefficient (Wildman–Crippen LogP) is 0.873. The molecule has 136 valence electrons. The Balaban J connectivity index is 1.83. The lowest BCUT2D eigenvalue weighted by molar-refractivity contribution is -0.125. The Labute approximate surface area is 151 Å². The third-order valence-electron chi connectivity index (χ3n) is 3.71. The summed E-state index contributed by atoms with van der Waals surface area (Å²) in [5, 5.41) is 11.4. The molecule has 0 aliphatic carbocycles. The Kier molecular flexibility index (Phi) is 6.83. The van der Waals surface area contributed by atoms with Gasteiger partial charge in [0.1, 0.15) is 5.50 Å². The number of rotatable bonds is 6. The van der Waals surface area contributed by atoms with Gasteiger partial charge < -0.3 is 16.0 Å². The minimum absolute atomic E-state index is 0.122. The number of amides is 3.